The summed E-state index contributed by atoms with van der Waals surface area (Å²) in [5, 5.41) is 2.61. The van der Waals surface area contributed by atoms with Crippen LogP contribution in [0.1, 0.15) is 22.8 Å². The van der Waals surface area contributed by atoms with Crippen LogP contribution < -0.4 is 10.1 Å². The lowest BCUT2D eigenvalue weighted by atomic mass is 10.2. The number of ether oxygens (including phenoxy) is 1. The molecule has 0 saturated heterocycles. The van der Waals surface area contributed by atoms with Gasteiger partial charge in [-0.15, -0.1) is 0 Å². The Kier molecular flexibility index (Phi) is 5.32. The van der Waals surface area contributed by atoms with Crippen molar-refractivity contribution in [2.45, 2.75) is 18.7 Å². The van der Waals surface area contributed by atoms with Gasteiger partial charge in [0.2, 0.25) is 0 Å². The van der Waals surface area contributed by atoms with Crippen LogP contribution >= 0.6 is 0 Å². The fraction of sp³-hybridized carbons (Fsp3) is 0.100. The number of carbonyl (C=O) groups is 2. The Bertz CT molecular complexity index is 1150. The smallest absolute Gasteiger partial charge is 0.308 e. The molecule has 1 heterocycles. The Labute approximate surface area is 162 Å². The predicted octanol–water partition coefficient (Wildman–Crippen LogP) is 3.21. The second-order valence-corrected chi connectivity index (χ2v) is 7.94. The van der Waals surface area contributed by atoms with E-state index in [9.17, 15) is 18.0 Å². The van der Waals surface area contributed by atoms with E-state index in [2.05, 4.69) is 5.32 Å². The SMILES string of the molecule is CC(=O)Oc1ccccc1C(=O)Nc1ccn(S(=O)(=O)c2cccc(C)c2)c1. The van der Waals surface area contributed by atoms with Crippen LogP contribution in [0.25, 0.3) is 0 Å². The van der Waals surface area contributed by atoms with Crippen molar-refractivity contribution in [1.82, 2.24) is 3.97 Å². The van der Waals surface area contributed by atoms with Crippen molar-refractivity contribution in [3.05, 3.63) is 78.1 Å². The number of hydrogen-bond donors (Lipinski definition) is 1. The minimum absolute atomic E-state index is 0.124. The number of aromatic nitrogens is 1. The second-order valence-electron chi connectivity index (χ2n) is 6.10. The van der Waals surface area contributed by atoms with E-state index in [1.54, 1.807) is 37.3 Å². The van der Waals surface area contributed by atoms with Gasteiger partial charge in [-0.25, -0.2) is 12.4 Å². The molecule has 0 aliphatic rings. The Morgan fingerprint density at radius 2 is 1.79 bits per heavy atom. The Balaban J connectivity index is 1.84. The average molecular weight is 398 g/mol. The molecule has 3 rings (SSSR count). The van der Waals surface area contributed by atoms with Crippen molar-refractivity contribution >= 4 is 27.6 Å². The van der Waals surface area contributed by atoms with Crippen LogP contribution in [-0.2, 0) is 14.8 Å². The van der Waals surface area contributed by atoms with Gasteiger partial charge in [0, 0.05) is 19.3 Å². The van der Waals surface area contributed by atoms with E-state index >= 15 is 0 Å². The molecule has 0 unspecified atom stereocenters. The van der Waals surface area contributed by atoms with Crippen LogP contribution in [0.15, 0.2) is 71.9 Å². The molecule has 28 heavy (non-hydrogen) atoms. The van der Waals surface area contributed by atoms with Gasteiger partial charge in [0.25, 0.3) is 15.9 Å². The molecule has 1 aromatic heterocycles. The van der Waals surface area contributed by atoms with Gasteiger partial charge in [-0.3, -0.25) is 9.59 Å². The Morgan fingerprint density at radius 3 is 2.50 bits per heavy atom. The van der Waals surface area contributed by atoms with Gasteiger partial charge in [0.15, 0.2) is 0 Å². The minimum Gasteiger partial charge on any atom is -0.426 e. The van der Waals surface area contributed by atoms with Gasteiger partial charge in [-0.1, -0.05) is 24.3 Å². The molecule has 0 aliphatic heterocycles. The monoisotopic (exact) mass is 398 g/mol. The molecule has 0 radical (unpaired) electrons. The molecule has 0 saturated carbocycles. The van der Waals surface area contributed by atoms with Gasteiger partial charge in [0.05, 0.1) is 16.1 Å². The largest absolute Gasteiger partial charge is 0.426 e. The van der Waals surface area contributed by atoms with Gasteiger partial charge < -0.3 is 10.1 Å². The number of hydrogen-bond acceptors (Lipinski definition) is 5. The van der Waals surface area contributed by atoms with E-state index < -0.39 is 21.9 Å². The van der Waals surface area contributed by atoms with Crippen LogP contribution in [0.4, 0.5) is 5.69 Å². The molecule has 0 fully saturated rings. The summed E-state index contributed by atoms with van der Waals surface area (Å²) in [6.45, 7) is 3.05. The van der Waals surface area contributed by atoms with Crippen molar-refractivity contribution < 1.29 is 22.7 Å². The number of esters is 1. The zero-order valence-corrected chi connectivity index (χ0v) is 16.1. The van der Waals surface area contributed by atoms with Gasteiger partial charge in [0.1, 0.15) is 5.75 Å². The molecule has 7 nitrogen and oxygen atoms in total. The van der Waals surface area contributed by atoms with E-state index in [1.807, 2.05) is 0 Å². The van der Waals surface area contributed by atoms with Gasteiger partial charge in [-0.05, 0) is 42.8 Å². The van der Waals surface area contributed by atoms with Crippen molar-refractivity contribution in [3.63, 3.8) is 0 Å². The van der Waals surface area contributed by atoms with Crippen LogP contribution in [0.5, 0.6) is 5.75 Å². The quantitative estimate of drug-likeness (QED) is 0.526. The maximum Gasteiger partial charge on any atom is 0.308 e. The first-order valence-electron chi connectivity index (χ1n) is 8.36. The summed E-state index contributed by atoms with van der Waals surface area (Å²) in [6.07, 6.45) is 2.66. The van der Waals surface area contributed by atoms with E-state index in [0.717, 1.165) is 9.54 Å². The van der Waals surface area contributed by atoms with Crippen LogP contribution in [0, 0.1) is 6.92 Å². The summed E-state index contributed by atoms with van der Waals surface area (Å²) >= 11 is 0. The Morgan fingerprint density at radius 1 is 1.04 bits per heavy atom. The number of para-hydroxylation sites is 1. The van der Waals surface area contributed by atoms with Crippen molar-refractivity contribution in [2.75, 3.05) is 5.32 Å². The summed E-state index contributed by atoms with van der Waals surface area (Å²) in [5.74, 6) is -0.947. The number of carbonyl (C=O) groups excluding carboxylic acids is 2. The van der Waals surface area contributed by atoms with Gasteiger partial charge in [-0.2, -0.15) is 0 Å². The summed E-state index contributed by atoms with van der Waals surface area (Å²) in [4.78, 5) is 23.9. The highest BCUT2D eigenvalue weighted by Gasteiger charge is 2.18. The fourth-order valence-electron chi connectivity index (χ4n) is 2.59. The topological polar surface area (TPSA) is 94.5 Å². The summed E-state index contributed by atoms with van der Waals surface area (Å²) in [5.41, 5.74) is 1.27. The lowest BCUT2D eigenvalue weighted by molar-refractivity contribution is -0.131. The maximum atomic E-state index is 12.7. The van der Waals surface area contributed by atoms with Crippen molar-refractivity contribution in [2.24, 2.45) is 0 Å². The molecule has 8 heteroatoms. The van der Waals surface area contributed by atoms with E-state index in [-0.39, 0.29) is 16.2 Å². The van der Waals surface area contributed by atoms with Gasteiger partial charge >= 0.3 is 5.97 Å². The van der Waals surface area contributed by atoms with Crippen molar-refractivity contribution in [1.29, 1.82) is 0 Å². The number of amides is 1. The van der Waals surface area contributed by atoms with Crippen LogP contribution in [0.3, 0.4) is 0 Å². The summed E-state index contributed by atoms with van der Waals surface area (Å²) in [7, 11) is -3.77. The number of nitrogens with one attached hydrogen (secondary N) is 1. The van der Waals surface area contributed by atoms with E-state index in [4.69, 9.17) is 4.74 Å². The number of nitrogens with zero attached hydrogens (tertiary/aromatic N) is 1. The molecule has 1 N–H and O–H groups in total. The normalized spacial score (nSPS) is 11.1. The molecule has 2 aromatic carbocycles. The molecule has 0 atom stereocenters. The minimum atomic E-state index is -3.77. The molecule has 1 amide bonds. The lowest BCUT2D eigenvalue weighted by Gasteiger charge is -2.09. The first-order chi connectivity index (χ1) is 13.3. The van der Waals surface area contributed by atoms with E-state index in [0.29, 0.717) is 5.69 Å². The number of benzene rings is 2. The molecule has 0 spiro atoms. The zero-order valence-electron chi connectivity index (χ0n) is 15.2. The highest BCUT2D eigenvalue weighted by Crippen LogP contribution is 2.22. The standard InChI is InChI=1S/C20H18N2O5S/c1-14-6-5-7-17(12-14)28(25,26)22-11-10-16(13-22)21-20(24)18-8-3-4-9-19(18)27-15(2)23/h3-13H,1-2H3,(H,21,24). The molecular formula is C20H18N2O5S. The molecule has 144 valence electrons. The van der Waals surface area contributed by atoms with Crippen molar-refractivity contribution in [3.8, 4) is 5.75 Å². The average Bonchev–Trinajstić information content (AvgIpc) is 3.11. The number of rotatable bonds is 5. The fourth-order valence-corrected chi connectivity index (χ4v) is 3.90. The second kappa shape index (κ2) is 7.69. The third-order valence-electron chi connectivity index (χ3n) is 3.88. The first-order valence-corrected chi connectivity index (χ1v) is 9.80. The zero-order chi connectivity index (χ0) is 20.3. The summed E-state index contributed by atoms with van der Waals surface area (Å²) < 4.78 is 31.5. The molecular weight excluding hydrogens is 380 g/mol. The molecule has 3 aromatic rings. The maximum absolute atomic E-state index is 12.7. The summed E-state index contributed by atoms with van der Waals surface area (Å²) in [6, 6.07) is 14.3. The Hall–Kier alpha value is -3.39. The van der Waals surface area contributed by atoms with E-state index in [1.165, 1.54) is 43.6 Å². The molecule has 0 bridgehead atoms. The highest BCUT2D eigenvalue weighted by atomic mass is 32.2. The lowest BCUT2D eigenvalue weighted by Crippen LogP contribution is -2.15. The number of anilines is 1. The predicted molar refractivity (Wildman–Crippen MR) is 104 cm³/mol. The number of aryl methyl sites for hydroxylation is 1. The molecule has 0 aliphatic carbocycles. The van der Waals surface area contributed by atoms with Crippen LogP contribution in [-0.4, -0.2) is 24.3 Å². The third kappa shape index (κ3) is 4.12. The van der Waals surface area contributed by atoms with Crippen LogP contribution in [0.2, 0.25) is 0 Å². The first kappa shape index (κ1) is 19.4. The third-order valence-corrected chi connectivity index (χ3v) is 5.51. The highest BCUT2D eigenvalue weighted by molar-refractivity contribution is 7.90.